The number of aromatic nitrogens is 1. The van der Waals surface area contributed by atoms with Crippen LogP contribution in [0.5, 0.6) is 0 Å². The summed E-state index contributed by atoms with van der Waals surface area (Å²) in [7, 11) is 1.52. The highest BCUT2D eigenvalue weighted by Crippen LogP contribution is 2.22. The van der Waals surface area contributed by atoms with Crippen molar-refractivity contribution in [3.8, 4) is 0 Å². The minimum Gasteiger partial charge on any atom is -0.341 e. The zero-order chi connectivity index (χ0) is 9.42. The second-order valence-electron chi connectivity index (χ2n) is 3.14. The lowest BCUT2D eigenvalue weighted by Gasteiger charge is -2.09. The van der Waals surface area contributed by atoms with Gasteiger partial charge in [-0.2, -0.15) is 0 Å². The zero-order valence-electron chi connectivity index (χ0n) is 7.30. The number of hydrogen-bond donors (Lipinski definition) is 0. The Morgan fingerprint density at radius 3 is 2.38 bits per heavy atom. The molecule has 0 spiro atoms. The van der Waals surface area contributed by atoms with Crippen molar-refractivity contribution in [1.82, 2.24) is 9.47 Å². The highest BCUT2D eigenvalue weighted by atomic mass is 16.2. The van der Waals surface area contributed by atoms with E-state index in [0.29, 0.717) is 0 Å². The first kappa shape index (κ1) is 8.04. The summed E-state index contributed by atoms with van der Waals surface area (Å²) >= 11 is 0. The molecule has 1 fully saturated rings. The SMILES string of the molecule is CN1C(=O)CC(n2cccc2)C1=O. The van der Waals surface area contributed by atoms with Gasteiger partial charge in [-0.15, -0.1) is 0 Å². The molecule has 0 radical (unpaired) electrons. The molecule has 1 unspecified atom stereocenters. The third-order valence-electron chi connectivity index (χ3n) is 2.35. The lowest BCUT2D eigenvalue weighted by molar-refractivity contribution is -0.137. The maximum Gasteiger partial charge on any atom is 0.252 e. The molecule has 1 aromatic heterocycles. The van der Waals surface area contributed by atoms with E-state index in [2.05, 4.69) is 0 Å². The first-order valence-corrected chi connectivity index (χ1v) is 4.13. The summed E-state index contributed by atoms with van der Waals surface area (Å²) in [5.41, 5.74) is 0. The lowest BCUT2D eigenvalue weighted by Crippen LogP contribution is -2.26. The Morgan fingerprint density at radius 1 is 1.31 bits per heavy atom. The maximum absolute atomic E-state index is 11.5. The smallest absolute Gasteiger partial charge is 0.252 e. The molecule has 4 heteroatoms. The number of amides is 2. The Morgan fingerprint density at radius 2 is 1.92 bits per heavy atom. The van der Waals surface area contributed by atoms with Gasteiger partial charge in [0.05, 0.1) is 6.42 Å². The lowest BCUT2D eigenvalue weighted by atomic mass is 10.2. The van der Waals surface area contributed by atoms with E-state index in [1.165, 1.54) is 11.9 Å². The minimum atomic E-state index is -0.326. The van der Waals surface area contributed by atoms with Crippen molar-refractivity contribution >= 4 is 11.8 Å². The average Bonchev–Trinajstić information content (AvgIpc) is 2.70. The van der Waals surface area contributed by atoms with Gasteiger partial charge in [0.15, 0.2) is 0 Å². The first-order chi connectivity index (χ1) is 6.20. The van der Waals surface area contributed by atoms with E-state index in [-0.39, 0.29) is 24.3 Å². The van der Waals surface area contributed by atoms with Gasteiger partial charge in [-0.25, -0.2) is 0 Å². The number of nitrogens with zero attached hydrogens (tertiary/aromatic N) is 2. The van der Waals surface area contributed by atoms with Crippen LogP contribution in [-0.2, 0) is 9.59 Å². The number of imide groups is 1. The van der Waals surface area contributed by atoms with Crippen molar-refractivity contribution in [2.75, 3.05) is 7.05 Å². The summed E-state index contributed by atoms with van der Waals surface area (Å²) < 4.78 is 1.77. The summed E-state index contributed by atoms with van der Waals surface area (Å²) in [6.45, 7) is 0. The van der Waals surface area contributed by atoms with Crippen LogP contribution in [0.2, 0.25) is 0 Å². The molecule has 1 saturated heterocycles. The Balaban J connectivity index is 2.29. The van der Waals surface area contributed by atoms with Gasteiger partial charge < -0.3 is 4.57 Å². The molecule has 1 aromatic rings. The number of carbonyl (C=O) groups is 2. The van der Waals surface area contributed by atoms with Crippen molar-refractivity contribution in [2.24, 2.45) is 0 Å². The third-order valence-corrected chi connectivity index (χ3v) is 2.35. The van der Waals surface area contributed by atoms with Crippen LogP contribution in [0.1, 0.15) is 12.5 Å². The molecule has 2 rings (SSSR count). The maximum atomic E-state index is 11.5. The van der Waals surface area contributed by atoms with E-state index in [4.69, 9.17) is 0 Å². The molecule has 1 aliphatic heterocycles. The standard InChI is InChI=1S/C9H10N2O2/c1-10-8(12)6-7(9(10)13)11-4-2-3-5-11/h2-5,7H,6H2,1H3. The fraction of sp³-hybridized carbons (Fsp3) is 0.333. The summed E-state index contributed by atoms with van der Waals surface area (Å²) in [6, 6.07) is 3.36. The molecule has 68 valence electrons. The molecule has 1 aliphatic rings. The predicted molar refractivity (Wildman–Crippen MR) is 45.9 cm³/mol. The topological polar surface area (TPSA) is 42.3 Å². The van der Waals surface area contributed by atoms with E-state index in [0.717, 1.165) is 0 Å². The predicted octanol–water partition coefficient (Wildman–Crippen LogP) is 0.418. The molecule has 2 heterocycles. The molecule has 2 amide bonds. The van der Waals surface area contributed by atoms with Gasteiger partial charge in [-0.05, 0) is 12.1 Å². The van der Waals surface area contributed by atoms with Gasteiger partial charge in [-0.1, -0.05) is 0 Å². The third kappa shape index (κ3) is 1.14. The van der Waals surface area contributed by atoms with Crippen molar-refractivity contribution in [3.63, 3.8) is 0 Å². The van der Waals surface area contributed by atoms with Crippen LogP contribution in [-0.4, -0.2) is 28.3 Å². The molecule has 0 N–H and O–H groups in total. The van der Waals surface area contributed by atoms with E-state index in [1.807, 2.05) is 12.1 Å². The van der Waals surface area contributed by atoms with Crippen molar-refractivity contribution in [3.05, 3.63) is 24.5 Å². The van der Waals surface area contributed by atoms with Gasteiger partial charge in [-0.3, -0.25) is 14.5 Å². The van der Waals surface area contributed by atoms with Crippen LogP contribution in [0.25, 0.3) is 0 Å². The average molecular weight is 178 g/mol. The number of carbonyl (C=O) groups excluding carboxylic acids is 2. The van der Waals surface area contributed by atoms with E-state index in [1.54, 1.807) is 17.0 Å². The van der Waals surface area contributed by atoms with E-state index in [9.17, 15) is 9.59 Å². The Hall–Kier alpha value is -1.58. The van der Waals surface area contributed by atoms with Gasteiger partial charge in [0.25, 0.3) is 5.91 Å². The van der Waals surface area contributed by atoms with Crippen LogP contribution >= 0.6 is 0 Å². The van der Waals surface area contributed by atoms with Crippen LogP contribution < -0.4 is 0 Å². The number of likely N-dealkylation sites (N-methyl/N-ethyl adjacent to an activating group) is 1. The molecule has 13 heavy (non-hydrogen) atoms. The van der Waals surface area contributed by atoms with Gasteiger partial charge in [0, 0.05) is 19.4 Å². The summed E-state index contributed by atoms with van der Waals surface area (Å²) in [6.07, 6.45) is 3.88. The van der Waals surface area contributed by atoms with Crippen LogP contribution in [0.3, 0.4) is 0 Å². The minimum absolute atomic E-state index is 0.108. The fourth-order valence-corrected chi connectivity index (χ4v) is 1.52. The van der Waals surface area contributed by atoms with E-state index >= 15 is 0 Å². The molecule has 0 aromatic carbocycles. The van der Waals surface area contributed by atoms with Crippen molar-refractivity contribution in [1.29, 1.82) is 0 Å². The monoisotopic (exact) mass is 178 g/mol. The molecular weight excluding hydrogens is 168 g/mol. The molecule has 0 aliphatic carbocycles. The van der Waals surface area contributed by atoms with Gasteiger partial charge in [0.2, 0.25) is 5.91 Å². The number of likely N-dealkylation sites (tertiary alicyclic amines) is 1. The van der Waals surface area contributed by atoms with Crippen LogP contribution in [0.4, 0.5) is 0 Å². The zero-order valence-corrected chi connectivity index (χ0v) is 7.30. The quantitative estimate of drug-likeness (QED) is 0.585. The second-order valence-corrected chi connectivity index (χ2v) is 3.14. The Labute approximate surface area is 75.8 Å². The Kier molecular flexibility index (Phi) is 1.69. The molecule has 4 nitrogen and oxygen atoms in total. The second kappa shape index (κ2) is 2.73. The first-order valence-electron chi connectivity index (χ1n) is 4.13. The molecule has 1 atom stereocenters. The van der Waals surface area contributed by atoms with Crippen molar-refractivity contribution in [2.45, 2.75) is 12.5 Å². The van der Waals surface area contributed by atoms with E-state index < -0.39 is 0 Å². The van der Waals surface area contributed by atoms with Crippen molar-refractivity contribution < 1.29 is 9.59 Å². The summed E-state index contributed by atoms with van der Waals surface area (Å²) in [5.74, 6) is -0.232. The number of rotatable bonds is 1. The highest BCUT2D eigenvalue weighted by Gasteiger charge is 2.36. The molecule has 0 saturated carbocycles. The summed E-state index contributed by atoms with van der Waals surface area (Å²) in [5, 5.41) is 0. The molecular formula is C9H10N2O2. The Bertz CT molecular complexity index is 343. The van der Waals surface area contributed by atoms with Crippen LogP contribution in [0, 0.1) is 0 Å². The number of hydrogen-bond acceptors (Lipinski definition) is 2. The van der Waals surface area contributed by atoms with Gasteiger partial charge in [0.1, 0.15) is 6.04 Å². The highest BCUT2D eigenvalue weighted by molar-refractivity contribution is 6.04. The summed E-state index contributed by atoms with van der Waals surface area (Å²) in [4.78, 5) is 23.9. The largest absolute Gasteiger partial charge is 0.341 e. The fourth-order valence-electron chi connectivity index (χ4n) is 1.52. The molecule has 0 bridgehead atoms. The van der Waals surface area contributed by atoms with Crippen LogP contribution in [0.15, 0.2) is 24.5 Å². The normalized spacial score (nSPS) is 22.8. The van der Waals surface area contributed by atoms with Gasteiger partial charge >= 0.3 is 0 Å².